The molecule has 1 fully saturated rings. The van der Waals surface area contributed by atoms with Crippen molar-refractivity contribution in [1.82, 2.24) is 25.0 Å². The number of aryl methyl sites for hydroxylation is 1. The van der Waals surface area contributed by atoms with Gasteiger partial charge in [-0.1, -0.05) is 0 Å². The van der Waals surface area contributed by atoms with Crippen LogP contribution in [0.2, 0.25) is 0 Å². The van der Waals surface area contributed by atoms with Gasteiger partial charge in [-0.25, -0.2) is 0 Å². The fraction of sp³-hybridized carbons (Fsp3) is 0.800. The van der Waals surface area contributed by atoms with E-state index < -0.39 is 0 Å². The molecule has 0 bridgehead atoms. The average molecular weight is 209 g/mol. The van der Waals surface area contributed by atoms with E-state index in [-0.39, 0.29) is 0 Å². The van der Waals surface area contributed by atoms with Gasteiger partial charge in [-0.15, -0.1) is 10.2 Å². The monoisotopic (exact) mass is 209 g/mol. The van der Waals surface area contributed by atoms with Crippen LogP contribution in [-0.4, -0.2) is 45.3 Å². The van der Waals surface area contributed by atoms with Crippen molar-refractivity contribution in [3.8, 4) is 0 Å². The van der Waals surface area contributed by atoms with E-state index in [2.05, 4.69) is 31.9 Å². The van der Waals surface area contributed by atoms with Crippen LogP contribution in [0.3, 0.4) is 0 Å². The highest BCUT2D eigenvalue weighted by molar-refractivity contribution is 4.93. The normalized spacial score (nSPS) is 23.3. The Kier molecular flexibility index (Phi) is 3.02. The van der Waals surface area contributed by atoms with Crippen LogP contribution in [0.15, 0.2) is 0 Å². The SMILES string of the molecule is Cc1nnc(CN2CCN[C@@H](C)C2)n1C. The van der Waals surface area contributed by atoms with Gasteiger partial charge in [-0.2, -0.15) is 0 Å². The largest absolute Gasteiger partial charge is 0.317 e. The first-order chi connectivity index (χ1) is 7.16. The first-order valence-corrected chi connectivity index (χ1v) is 5.47. The second kappa shape index (κ2) is 4.28. The van der Waals surface area contributed by atoms with E-state index in [4.69, 9.17) is 0 Å². The molecule has 0 aromatic carbocycles. The van der Waals surface area contributed by atoms with E-state index in [1.165, 1.54) is 0 Å². The minimum atomic E-state index is 0.577. The molecule has 1 saturated heterocycles. The minimum Gasteiger partial charge on any atom is -0.317 e. The fourth-order valence-corrected chi connectivity index (χ4v) is 1.94. The Morgan fingerprint density at radius 2 is 2.27 bits per heavy atom. The third-order valence-electron chi connectivity index (χ3n) is 3.00. The maximum atomic E-state index is 4.19. The van der Waals surface area contributed by atoms with Gasteiger partial charge in [0, 0.05) is 32.7 Å². The average Bonchev–Trinajstić information content (AvgIpc) is 2.50. The van der Waals surface area contributed by atoms with Crippen molar-refractivity contribution < 1.29 is 0 Å². The van der Waals surface area contributed by atoms with E-state index in [0.29, 0.717) is 6.04 Å². The van der Waals surface area contributed by atoms with E-state index in [1.807, 2.05) is 14.0 Å². The zero-order valence-corrected chi connectivity index (χ0v) is 9.69. The molecule has 0 spiro atoms. The highest BCUT2D eigenvalue weighted by Crippen LogP contribution is 2.05. The fourth-order valence-electron chi connectivity index (χ4n) is 1.94. The number of piperazine rings is 1. The van der Waals surface area contributed by atoms with Gasteiger partial charge in [-0.05, 0) is 13.8 Å². The first kappa shape index (κ1) is 10.6. The smallest absolute Gasteiger partial charge is 0.146 e. The van der Waals surface area contributed by atoms with Crippen molar-refractivity contribution in [3.63, 3.8) is 0 Å². The van der Waals surface area contributed by atoms with Crippen molar-refractivity contribution in [2.75, 3.05) is 19.6 Å². The third kappa shape index (κ3) is 2.35. The second-order valence-corrected chi connectivity index (χ2v) is 4.31. The minimum absolute atomic E-state index is 0.577. The lowest BCUT2D eigenvalue weighted by Crippen LogP contribution is -2.48. The van der Waals surface area contributed by atoms with E-state index >= 15 is 0 Å². The van der Waals surface area contributed by atoms with Crippen molar-refractivity contribution in [3.05, 3.63) is 11.6 Å². The Labute approximate surface area is 90.5 Å². The molecule has 5 heteroatoms. The van der Waals surface area contributed by atoms with Crippen LogP contribution in [0, 0.1) is 6.92 Å². The van der Waals surface area contributed by atoms with Gasteiger partial charge in [0.2, 0.25) is 0 Å². The van der Waals surface area contributed by atoms with Crippen molar-refractivity contribution in [2.45, 2.75) is 26.4 Å². The van der Waals surface area contributed by atoms with Gasteiger partial charge in [-0.3, -0.25) is 4.90 Å². The molecule has 2 rings (SSSR count). The molecule has 1 atom stereocenters. The predicted octanol–water partition coefficient (Wildman–Crippen LogP) is -0.0828. The van der Waals surface area contributed by atoms with Gasteiger partial charge < -0.3 is 9.88 Å². The summed E-state index contributed by atoms with van der Waals surface area (Å²) in [6.45, 7) is 8.36. The molecule has 1 aromatic rings. The quantitative estimate of drug-likeness (QED) is 0.740. The van der Waals surface area contributed by atoms with Crippen LogP contribution in [0.4, 0.5) is 0 Å². The van der Waals surface area contributed by atoms with Crippen LogP contribution in [0.1, 0.15) is 18.6 Å². The zero-order valence-electron chi connectivity index (χ0n) is 9.69. The maximum absolute atomic E-state index is 4.19. The number of aromatic nitrogens is 3. The summed E-state index contributed by atoms with van der Waals surface area (Å²) in [5.74, 6) is 2.04. The van der Waals surface area contributed by atoms with E-state index in [9.17, 15) is 0 Å². The summed E-state index contributed by atoms with van der Waals surface area (Å²) in [7, 11) is 2.02. The number of hydrogen-bond donors (Lipinski definition) is 1. The number of rotatable bonds is 2. The molecular weight excluding hydrogens is 190 g/mol. The lowest BCUT2D eigenvalue weighted by atomic mass is 10.2. The van der Waals surface area contributed by atoms with Crippen LogP contribution >= 0.6 is 0 Å². The van der Waals surface area contributed by atoms with E-state index in [0.717, 1.165) is 37.8 Å². The molecule has 1 aliphatic heterocycles. The molecule has 2 heterocycles. The lowest BCUT2D eigenvalue weighted by molar-refractivity contribution is 0.193. The molecule has 1 N–H and O–H groups in total. The van der Waals surface area contributed by atoms with Crippen molar-refractivity contribution in [2.24, 2.45) is 7.05 Å². The standard InChI is InChI=1S/C10H19N5/c1-8-6-15(5-4-11-8)7-10-13-12-9(2)14(10)3/h8,11H,4-7H2,1-3H3/t8-/m0/s1. The maximum Gasteiger partial charge on any atom is 0.146 e. The molecule has 0 amide bonds. The Morgan fingerprint density at radius 1 is 1.47 bits per heavy atom. The summed E-state index contributed by atoms with van der Waals surface area (Å²) in [5, 5.41) is 11.7. The summed E-state index contributed by atoms with van der Waals surface area (Å²) in [6, 6.07) is 0.577. The summed E-state index contributed by atoms with van der Waals surface area (Å²) in [5.41, 5.74) is 0. The molecule has 5 nitrogen and oxygen atoms in total. The Morgan fingerprint density at radius 3 is 2.87 bits per heavy atom. The Hall–Kier alpha value is -0.940. The molecule has 84 valence electrons. The van der Waals surface area contributed by atoms with Gasteiger partial charge in [0.15, 0.2) is 0 Å². The molecule has 0 unspecified atom stereocenters. The van der Waals surface area contributed by atoms with Crippen LogP contribution in [0.25, 0.3) is 0 Å². The Balaban J connectivity index is 1.99. The molecule has 1 aromatic heterocycles. The number of hydrogen-bond acceptors (Lipinski definition) is 4. The Bertz CT molecular complexity index is 333. The number of nitrogens with zero attached hydrogens (tertiary/aromatic N) is 4. The molecular formula is C10H19N5. The van der Waals surface area contributed by atoms with Crippen LogP contribution in [0.5, 0.6) is 0 Å². The molecule has 0 saturated carbocycles. The van der Waals surface area contributed by atoms with Crippen molar-refractivity contribution in [1.29, 1.82) is 0 Å². The number of nitrogens with one attached hydrogen (secondary N) is 1. The van der Waals surface area contributed by atoms with Crippen LogP contribution in [-0.2, 0) is 13.6 Å². The van der Waals surface area contributed by atoms with Crippen molar-refractivity contribution >= 4 is 0 Å². The molecule has 0 aliphatic carbocycles. The second-order valence-electron chi connectivity index (χ2n) is 4.31. The lowest BCUT2D eigenvalue weighted by Gasteiger charge is -2.31. The highest BCUT2D eigenvalue weighted by atomic mass is 15.3. The summed E-state index contributed by atoms with van der Waals surface area (Å²) in [6.07, 6.45) is 0. The van der Waals surface area contributed by atoms with Gasteiger partial charge >= 0.3 is 0 Å². The molecule has 1 aliphatic rings. The predicted molar refractivity (Wildman–Crippen MR) is 58.5 cm³/mol. The first-order valence-electron chi connectivity index (χ1n) is 5.47. The van der Waals surface area contributed by atoms with Crippen LogP contribution < -0.4 is 5.32 Å². The summed E-state index contributed by atoms with van der Waals surface area (Å²) in [4.78, 5) is 2.42. The van der Waals surface area contributed by atoms with Gasteiger partial charge in [0.25, 0.3) is 0 Å². The highest BCUT2D eigenvalue weighted by Gasteiger charge is 2.17. The molecule has 15 heavy (non-hydrogen) atoms. The summed E-state index contributed by atoms with van der Waals surface area (Å²) >= 11 is 0. The topological polar surface area (TPSA) is 46.0 Å². The van der Waals surface area contributed by atoms with Gasteiger partial charge in [0.1, 0.15) is 11.6 Å². The van der Waals surface area contributed by atoms with Gasteiger partial charge in [0.05, 0.1) is 6.54 Å². The third-order valence-corrected chi connectivity index (χ3v) is 3.00. The molecule has 0 radical (unpaired) electrons. The zero-order chi connectivity index (χ0) is 10.8. The summed E-state index contributed by atoms with van der Waals surface area (Å²) < 4.78 is 2.06. The van der Waals surface area contributed by atoms with E-state index in [1.54, 1.807) is 0 Å².